The molecule has 0 saturated heterocycles. The number of hydrogen-bond donors (Lipinski definition) is 0. The van der Waals surface area contributed by atoms with Gasteiger partial charge in [-0.25, -0.2) is 0 Å². The van der Waals surface area contributed by atoms with Gasteiger partial charge in [0.05, 0.1) is 39.7 Å². The van der Waals surface area contributed by atoms with Gasteiger partial charge >= 0.3 is 5.97 Å². The first-order valence-corrected chi connectivity index (χ1v) is 11.2. The lowest BCUT2D eigenvalue weighted by atomic mass is 9.74. The van der Waals surface area contributed by atoms with Crippen molar-refractivity contribution in [3.05, 3.63) is 41.0 Å². The van der Waals surface area contributed by atoms with Crippen LogP contribution >= 0.6 is 0 Å². The number of carbonyl (C=O) groups is 1. The Bertz CT molecular complexity index is 1040. The van der Waals surface area contributed by atoms with E-state index in [-0.39, 0.29) is 24.0 Å². The molecule has 1 aliphatic carbocycles. The van der Waals surface area contributed by atoms with Gasteiger partial charge in [-0.2, -0.15) is 4.98 Å². The molecular weight excluding hydrogens is 424 g/mol. The van der Waals surface area contributed by atoms with Crippen LogP contribution in [0.1, 0.15) is 55.7 Å². The predicted octanol–water partition coefficient (Wildman–Crippen LogP) is 3.92. The third-order valence-electron chi connectivity index (χ3n) is 6.15. The summed E-state index contributed by atoms with van der Waals surface area (Å²) in [4.78, 5) is 21.1. The molecule has 2 heterocycles. The number of nitrogens with zero attached hydrogens (tertiary/aromatic N) is 2. The summed E-state index contributed by atoms with van der Waals surface area (Å²) in [5, 5.41) is 0. The summed E-state index contributed by atoms with van der Waals surface area (Å²) in [7, 11) is 4.78. The fourth-order valence-corrected chi connectivity index (χ4v) is 4.75. The third kappa shape index (κ3) is 4.60. The number of hydrogen-bond acceptors (Lipinski definition) is 8. The first kappa shape index (κ1) is 22.9. The Morgan fingerprint density at radius 3 is 2.33 bits per heavy atom. The second-order valence-electron chi connectivity index (χ2n) is 8.16. The quantitative estimate of drug-likeness (QED) is 0.586. The smallest absolute Gasteiger partial charge is 0.302 e. The molecule has 2 aromatic rings. The molecule has 4 rings (SSSR count). The molecule has 2 aliphatic rings. The third-order valence-corrected chi connectivity index (χ3v) is 6.15. The largest absolute Gasteiger partial charge is 0.493 e. The van der Waals surface area contributed by atoms with Crippen molar-refractivity contribution in [3.63, 3.8) is 0 Å². The summed E-state index contributed by atoms with van der Waals surface area (Å²) in [5.41, 5.74) is 3.75. The summed E-state index contributed by atoms with van der Waals surface area (Å²) < 4.78 is 27.9. The van der Waals surface area contributed by atoms with Gasteiger partial charge in [-0.3, -0.25) is 9.79 Å². The molecule has 176 valence electrons. The Kier molecular flexibility index (Phi) is 6.72. The van der Waals surface area contributed by atoms with E-state index < -0.39 is 0 Å². The SMILES string of the molecule is CCOc1cc2c(cc1OC)C(c1cc(OC)nc(OC)c1)=NC1CCC(OC(C)=O)CC21. The molecule has 1 aromatic heterocycles. The van der Waals surface area contributed by atoms with Gasteiger partial charge < -0.3 is 23.7 Å². The highest BCUT2D eigenvalue weighted by Crippen LogP contribution is 2.45. The van der Waals surface area contributed by atoms with Gasteiger partial charge in [0, 0.05) is 36.1 Å². The van der Waals surface area contributed by atoms with E-state index in [1.165, 1.54) is 6.92 Å². The van der Waals surface area contributed by atoms with Crippen molar-refractivity contribution < 1.29 is 28.5 Å². The molecule has 8 nitrogen and oxygen atoms in total. The van der Waals surface area contributed by atoms with Crippen LogP contribution in [0.5, 0.6) is 23.3 Å². The van der Waals surface area contributed by atoms with Crippen molar-refractivity contribution in [1.29, 1.82) is 0 Å². The monoisotopic (exact) mass is 454 g/mol. The Hall–Kier alpha value is -3.29. The van der Waals surface area contributed by atoms with E-state index >= 15 is 0 Å². The molecule has 0 bridgehead atoms. The Balaban J connectivity index is 1.86. The number of pyridine rings is 1. The van der Waals surface area contributed by atoms with Gasteiger partial charge in [-0.05, 0) is 43.9 Å². The molecule has 3 atom stereocenters. The number of aromatic nitrogens is 1. The van der Waals surface area contributed by atoms with E-state index in [2.05, 4.69) is 11.1 Å². The number of ether oxygens (including phenoxy) is 5. The summed E-state index contributed by atoms with van der Waals surface area (Å²) >= 11 is 0. The molecule has 0 N–H and O–H groups in total. The molecule has 0 amide bonds. The molecule has 0 radical (unpaired) electrons. The summed E-state index contributed by atoms with van der Waals surface area (Å²) in [6.07, 6.45) is 2.20. The van der Waals surface area contributed by atoms with E-state index in [0.29, 0.717) is 29.9 Å². The number of benzene rings is 1. The summed E-state index contributed by atoms with van der Waals surface area (Å²) in [5.74, 6) is 2.09. The van der Waals surface area contributed by atoms with Crippen molar-refractivity contribution in [2.75, 3.05) is 27.9 Å². The van der Waals surface area contributed by atoms with Crippen LogP contribution in [0.4, 0.5) is 0 Å². The average molecular weight is 455 g/mol. The van der Waals surface area contributed by atoms with Gasteiger partial charge in [-0.15, -0.1) is 0 Å². The van der Waals surface area contributed by atoms with E-state index in [1.807, 2.05) is 25.1 Å². The molecule has 1 aromatic carbocycles. The number of carbonyl (C=O) groups excluding carboxylic acids is 1. The van der Waals surface area contributed by atoms with E-state index in [4.69, 9.17) is 28.7 Å². The molecule has 3 unspecified atom stereocenters. The van der Waals surface area contributed by atoms with Gasteiger partial charge in [0.1, 0.15) is 6.10 Å². The average Bonchev–Trinajstić information content (AvgIpc) is 2.82. The molecule has 1 aliphatic heterocycles. The number of aliphatic imine (C=N–C) groups is 1. The number of esters is 1. The van der Waals surface area contributed by atoms with Crippen molar-refractivity contribution in [2.24, 2.45) is 4.99 Å². The van der Waals surface area contributed by atoms with Crippen LogP contribution < -0.4 is 18.9 Å². The molecule has 1 fully saturated rings. The maximum absolute atomic E-state index is 11.6. The summed E-state index contributed by atoms with van der Waals surface area (Å²) in [6, 6.07) is 7.81. The molecule has 33 heavy (non-hydrogen) atoms. The number of rotatable bonds is 7. The van der Waals surface area contributed by atoms with Gasteiger partial charge in [0.15, 0.2) is 11.5 Å². The predicted molar refractivity (Wildman–Crippen MR) is 123 cm³/mol. The fraction of sp³-hybridized carbons (Fsp3) is 0.480. The topological polar surface area (TPSA) is 88.5 Å². The number of methoxy groups -OCH3 is 3. The highest BCUT2D eigenvalue weighted by Gasteiger charge is 2.39. The Morgan fingerprint density at radius 2 is 1.73 bits per heavy atom. The lowest BCUT2D eigenvalue weighted by Gasteiger charge is -2.38. The standard InChI is InChI=1S/C25H30N2O6/c1-6-32-22-12-17-18-11-16(33-14(2)28)7-8-20(18)26-25(19(17)13-21(22)29-3)15-9-23(30-4)27-24(10-15)31-5/h9-10,12-13,16,18,20H,6-8,11H2,1-5H3. The van der Waals surface area contributed by atoms with Crippen molar-refractivity contribution in [2.45, 2.75) is 51.2 Å². The van der Waals surface area contributed by atoms with Crippen LogP contribution in [-0.4, -0.2) is 56.7 Å². The van der Waals surface area contributed by atoms with Crippen LogP contribution in [0.3, 0.4) is 0 Å². The van der Waals surface area contributed by atoms with Crippen molar-refractivity contribution >= 4 is 11.7 Å². The molecule has 8 heteroatoms. The van der Waals surface area contributed by atoms with Gasteiger partial charge in [0.25, 0.3) is 0 Å². The molecular formula is C25H30N2O6. The first-order chi connectivity index (χ1) is 16.0. The zero-order valence-corrected chi connectivity index (χ0v) is 19.7. The Labute approximate surface area is 193 Å². The van der Waals surface area contributed by atoms with Gasteiger partial charge in [-0.1, -0.05) is 0 Å². The molecule has 1 saturated carbocycles. The minimum atomic E-state index is -0.251. The number of fused-ring (bicyclic) bond motifs is 3. The normalized spacial score (nSPS) is 21.2. The van der Waals surface area contributed by atoms with E-state index in [9.17, 15) is 4.79 Å². The second-order valence-corrected chi connectivity index (χ2v) is 8.16. The van der Waals surface area contributed by atoms with Crippen LogP contribution in [0.25, 0.3) is 0 Å². The lowest BCUT2D eigenvalue weighted by molar-refractivity contribution is -0.148. The highest BCUT2D eigenvalue weighted by molar-refractivity contribution is 6.15. The lowest BCUT2D eigenvalue weighted by Crippen LogP contribution is -2.36. The zero-order valence-electron chi connectivity index (χ0n) is 19.7. The minimum Gasteiger partial charge on any atom is -0.493 e. The second kappa shape index (κ2) is 9.68. The van der Waals surface area contributed by atoms with Crippen LogP contribution in [0.15, 0.2) is 29.3 Å². The van der Waals surface area contributed by atoms with E-state index in [1.54, 1.807) is 21.3 Å². The summed E-state index contributed by atoms with van der Waals surface area (Å²) in [6.45, 7) is 3.93. The molecule has 0 spiro atoms. The first-order valence-electron chi connectivity index (χ1n) is 11.2. The van der Waals surface area contributed by atoms with Crippen molar-refractivity contribution in [3.8, 4) is 23.3 Å². The fourth-order valence-electron chi connectivity index (χ4n) is 4.75. The van der Waals surface area contributed by atoms with Crippen LogP contribution in [0, 0.1) is 0 Å². The maximum atomic E-state index is 11.6. The minimum absolute atomic E-state index is 0.0623. The van der Waals surface area contributed by atoms with Crippen LogP contribution in [-0.2, 0) is 9.53 Å². The zero-order chi connectivity index (χ0) is 23.5. The van der Waals surface area contributed by atoms with Crippen molar-refractivity contribution in [1.82, 2.24) is 4.98 Å². The highest BCUT2D eigenvalue weighted by atomic mass is 16.5. The van der Waals surface area contributed by atoms with E-state index in [0.717, 1.165) is 41.7 Å². The van der Waals surface area contributed by atoms with Crippen LogP contribution in [0.2, 0.25) is 0 Å². The Morgan fingerprint density at radius 1 is 1.00 bits per heavy atom. The maximum Gasteiger partial charge on any atom is 0.302 e. The van der Waals surface area contributed by atoms with Gasteiger partial charge in [0.2, 0.25) is 11.8 Å².